The number of rotatable bonds is 3. The van der Waals surface area contributed by atoms with Crippen LogP contribution >= 0.6 is 0 Å². The molecule has 6 nitrogen and oxygen atoms in total. The molecule has 0 aliphatic heterocycles. The molecule has 0 saturated carbocycles. The number of ether oxygens (including phenoxy) is 1. The first-order valence-corrected chi connectivity index (χ1v) is 7.69. The molecule has 0 unspecified atom stereocenters. The van der Waals surface area contributed by atoms with E-state index in [1.165, 1.54) is 13.3 Å². The number of anilines is 1. The van der Waals surface area contributed by atoms with Gasteiger partial charge in [0.05, 0.1) is 30.0 Å². The van der Waals surface area contributed by atoms with Crippen LogP contribution in [0.15, 0.2) is 54.7 Å². The lowest BCUT2D eigenvalue weighted by Gasteiger charge is -2.10. The van der Waals surface area contributed by atoms with Crippen LogP contribution in [0.1, 0.15) is 21.6 Å². The lowest BCUT2D eigenvalue weighted by atomic mass is 10.0. The second kappa shape index (κ2) is 6.84. The van der Waals surface area contributed by atoms with Gasteiger partial charge in [0.2, 0.25) is 0 Å². The number of nitriles is 2. The highest BCUT2D eigenvalue weighted by atomic mass is 16.5. The van der Waals surface area contributed by atoms with Gasteiger partial charge in [0.15, 0.2) is 5.69 Å². The van der Waals surface area contributed by atoms with E-state index in [4.69, 9.17) is 15.7 Å². The van der Waals surface area contributed by atoms with Crippen molar-refractivity contribution in [2.24, 2.45) is 0 Å². The molecule has 1 heterocycles. The topological polar surface area (TPSA) is 105 Å². The summed E-state index contributed by atoms with van der Waals surface area (Å²) in [7, 11) is 1.26. The average Bonchev–Trinajstić information content (AvgIpc) is 3.04. The second-order valence-electron chi connectivity index (χ2n) is 5.52. The molecule has 0 aliphatic rings. The molecule has 3 rings (SSSR count). The summed E-state index contributed by atoms with van der Waals surface area (Å²) in [4.78, 5) is 12.1. The quantitative estimate of drug-likeness (QED) is 0.736. The lowest BCUT2D eigenvalue weighted by molar-refractivity contribution is 0.0593. The summed E-state index contributed by atoms with van der Waals surface area (Å²) in [6, 6.07) is 18.7. The Bertz CT molecular complexity index is 1070. The number of benzene rings is 2. The van der Waals surface area contributed by atoms with E-state index in [1.807, 2.05) is 36.4 Å². The molecule has 2 N–H and O–H groups in total. The fraction of sp³-hybridized carbons (Fsp3) is 0.0500. The molecule has 6 heteroatoms. The van der Waals surface area contributed by atoms with E-state index in [-0.39, 0.29) is 16.9 Å². The number of nitrogens with zero attached hydrogens (tertiary/aromatic N) is 3. The van der Waals surface area contributed by atoms with Crippen LogP contribution in [0.25, 0.3) is 16.8 Å². The first-order chi connectivity index (χ1) is 12.6. The molecule has 2 aromatic carbocycles. The summed E-state index contributed by atoms with van der Waals surface area (Å²) < 4.78 is 6.35. The SMILES string of the molecule is COC(=O)c1c(N)c(C#N)cn1-c1cccc(-c2ccc(C#N)cc2)c1. The van der Waals surface area contributed by atoms with E-state index < -0.39 is 5.97 Å². The molecule has 0 saturated heterocycles. The zero-order valence-electron chi connectivity index (χ0n) is 13.9. The first kappa shape index (κ1) is 16.8. The van der Waals surface area contributed by atoms with Crippen molar-refractivity contribution in [1.82, 2.24) is 4.57 Å². The summed E-state index contributed by atoms with van der Waals surface area (Å²) in [5.41, 5.74) is 9.40. The van der Waals surface area contributed by atoms with E-state index in [9.17, 15) is 10.1 Å². The number of methoxy groups -OCH3 is 1. The fourth-order valence-electron chi connectivity index (χ4n) is 2.69. The third-order valence-corrected chi connectivity index (χ3v) is 4.02. The number of hydrogen-bond acceptors (Lipinski definition) is 5. The van der Waals surface area contributed by atoms with E-state index >= 15 is 0 Å². The number of aromatic nitrogens is 1. The fourth-order valence-corrected chi connectivity index (χ4v) is 2.69. The zero-order chi connectivity index (χ0) is 18.7. The van der Waals surface area contributed by atoms with Crippen molar-refractivity contribution in [2.45, 2.75) is 0 Å². The van der Waals surface area contributed by atoms with Gasteiger partial charge in [0.1, 0.15) is 6.07 Å². The maximum atomic E-state index is 12.1. The zero-order valence-corrected chi connectivity index (χ0v) is 13.9. The highest BCUT2D eigenvalue weighted by Gasteiger charge is 2.21. The standard InChI is InChI=1S/C20H14N4O2/c1-26-20(25)19-18(23)16(11-22)12-24(19)17-4-2-3-15(9-17)14-7-5-13(10-21)6-8-14/h2-9,12H,23H2,1H3. The Morgan fingerprint density at radius 2 is 1.81 bits per heavy atom. The van der Waals surface area contributed by atoms with Crippen LogP contribution in [0, 0.1) is 22.7 Å². The van der Waals surface area contributed by atoms with Crippen molar-refractivity contribution < 1.29 is 9.53 Å². The number of carbonyl (C=O) groups excluding carboxylic acids is 1. The first-order valence-electron chi connectivity index (χ1n) is 7.69. The normalized spacial score (nSPS) is 9.96. The van der Waals surface area contributed by atoms with Crippen molar-refractivity contribution in [1.29, 1.82) is 10.5 Å². The minimum absolute atomic E-state index is 0.0862. The number of hydrogen-bond donors (Lipinski definition) is 1. The number of carbonyl (C=O) groups is 1. The van der Waals surface area contributed by atoms with E-state index in [0.717, 1.165) is 11.1 Å². The van der Waals surface area contributed by atoms with Gasteiger partial charge in [-0.15, -0.1) is 0 Å². The Balaban J connectivity index is 2.13. The van der Waals surface area contributed by atoms with Crippen LogP contribution in [0.2, 0.25) is 0 Å². The van der Waals surface area contributed by atoms with Crippen molar-refractivity contribution in [3.8, 4) is 29.0 Å². The van der Waals surface area contributed by atoms with Crippen LogP contribution in [-0.2, 0) is 4.74 Å². The molecule has 26 heavy (non-hydrogen) atoms. The average molecular weight is 342 g/mol. The summed E-state index contributed by atoms with van der Waals surface area (Å²) >= 11 is 0. The van der Waals surface area contributed by atoms with Gasteiger partial charge in [-0.2, -0.15) is 10.5 Å². The molecular weight excluding hydrogens is 328 g/mol. The Morgan fingerprint density at radius 3 is 2.42 bits per heavy atom. The van der Waals surface area contributed by atoms with Crippen molar-refractivity contribution in [2.75, 3.05) is 12.8 Å². The summed E-state index contributed by atoms with van der Waals surface area (Å²) in [6.45, 7) is 0. The number of nitrogens with two attached hydrogens (primary N) is 1. The van der Waals surface area contributed by atoms with E-state index in [1.54, 1.807) is 22.8 Å². The van der Waals surface area contributed by atoms with Crippen molar-refractivity contribution in [3.05, 3.63) is 71.5 Å². The molecular formula is C20H14N4O2. The van der Waals surface area contributed by atoms with E-state index in [2.05, 4.69) is 6.07 Å². The molecule has 0 aliphatic carbocycles. The van der Waals surface area contributed by atoms with Crippen LogP contribution in [0.3, 0.4) is 0 Å². The summed E-state index contributed by atoms with van der Waals surface area (Å²) in [6.07, 6.45) is 1.51. The number of esters is 1. The Morgan fingerprint density at radius 1 is 1.08 bits per heavy atom. The Kier molecular flexibility index (Phi) is 4.42. The Labute approximate surface area is 150 Å². The maximum absolute atomic E-state index is 12.1. The van der Waals surface area contributed by atoms with Crippen molar-refractivity contribution in [3.63, 3.8) is 0 Å². The molecule has 0 bridgehead atoms. The highest BCUT2D eigenvalue weighted by Crippen LogP contribution is 2.27. The molecule has 0 spiro atoms. The third-order valence-electron chi connectivity index (χ3n) is 4.02. The molecule has 0 fully saturated rings. The predicted octanol–water partition coefficient (Wildman–Crippen LogP) is 3.26. The lowest BCUT2D eigenvalue weighted by Crippen LogP contribution is -2.11. The Hall–Kier alpha value is -4.03. The molecule has 3 aromatic rings. The van der Waals surface area contributed by atoms with E-state index in [0.29, 0.717) is 11.3 Å². The highest BCUT2D eigenvalue weighted by molar-refractivity contribution is 5.96. The second-order valence-corrected chi connectivity index (χ2v) is 5.52. The minimum atomic E-state index is -0.618. The van der Waals surface area contributed by atoms with Crippen LogP contribution < -0.4 is 5.73 Å². The third kappa shape index (κ3) is 2.88. The molecule has 126 valence electrons. The van der Waals surface area contributed by atoms with Gasteiger partial charge in [-0.1, -0.05) is 24.3 Å². The minimum Gasteiger partial charge on any atom is -0.464 e. The van der Waals surface area contributed by atoms with Gasteiger partial charge in [0, 0.05) is 11.9 Å². The van der Waals surface area contributed by atoms with Crippen LogP contribution in [0.5, 0.6) is 0 Å². The van der Waals surface area contributed by atoms with Crippen LogP contribution in [-0.4, -0.2) is 17.6 Å². The maximum Gasteiger partial charge on any atom is 0.357 e. The van der Waals surface area contributed by atoms with Crippen LogP contribution in [0.4, 0.5) is 5.69 Å². The summed E-state index contributed by atoms with van der Waals surface area (Å²) in [5.74, 6) is -0.618. The summed E-state index contributed by atoms with van der Waals surface area (Å²) in [5, 5.41) is 18.1. The molecule has 0 radical (unpaired) electrons. The van der Waals surface area contributed by atoms with Gasteiger partial charge in [-0.25, -0.2) is 4.79 Å². The van der Waals surface area contributed by atoms with Gasteiger partial charge >= 0.3 is 5.97 Å². The monoisotopic (exact) mass is 342 g/mol. The van der Waals surface area contributed by atoms with Gasteiger partial charge < -0.3 is 15.0 Å². The molecule has 0 atom stereocenters. The molecule has 1 aromatic heterocycles. The largest absolute Gasteiger partial charge is 0.464 e. The predicted molar refractivity (Wildman–Crippen MR) is 96.4 cm³/mol. The smallest absolute Gasteiger partial charge is 0.357 e. The van der Waals surface area contributed by atoms with Gasteiger partial charge in [-0.05, 0) is 35.4 Å². The molecule has 0 amide bonds. The number of nitrogen functional groups attached to an aromatic ring is 1. The van der Waals surface area contributed by atoms with Gasteiger partial charge in [0.25, 0.3) is 0 Å². The van der Waals surface area contributed by atoms with Gasteiger partial charge in [-0.3, -0.25) is 0 Å². The van der Waals surface area contributed by atoms with Crippen molar-refractivity contribution >= 4 is 11.7 Å².